The molecule has 0 aliphatic rings. The molecule has 0 saturated carbocycles. The molecule has 1 aromatic carbocycles. The SMILES string of the molecule is NS(=O)(=O)c1ccc(S(=O)(=O)Nc2nccc(-c3ccco3)n2)cc1. The first-order valence-corrected chi connectivity index (χ1v) is 9.81. The summed E-state index contributed by atoms with van der Waals surface area (Å²) in [4.78, 5) is 7.58. The number of furan rings is 1. The van der Waals surface area contributed by atoms with Crippen LogP contribution in [0.3, 0.4) is 0 Å². The Hall–Kier alpha value is -2.76. The third-order valence-electron chi connectivity index (χ3n) is 3.12. The summed E-state index contributed by atoms with van der Waals surface area (Å²) in [5.41, 5.74) is 0.405. The van der Waals surface area contributed by atoms with Crippen LogP contribution in [0.1, 0.15) is 0 Å². The van der Waals surface area contributed by atoms with Crippen LogP contribution in [0.15, 0.2) is 69.1 Å². The Balaban J connectivity index is 1.88. The topological polar surface area (TPSA) is 145 Å². The van der Waals surface area contributed by atoms with Crippen molar-refractivity contribution >= 4 is 26.0 Å². The minimum absolute atomic E-state index is 0.149. The second kappa shape index (κ2) is 6.27. The average Bonchev–Trinajstić information content (AvgIpc) is 3.08. The first kappa shape index (κ1) is 17.1. The smallest absolute Gasteiger partial charge is 0.264 e. The normalized spacial score (nSPS) is 12.0. The molecule has 0 amide bonds. The molecule has 11 heteroatoms. The summed E-state index contributed by atoms with van der Waals surface area (Å²) in [7, 11) is -7.91. The molecular formula is C14H12N4O5S2. The molecule has 3 N–H and O–H groups in total. The maximum atomic E-state index is 12.4. The van der Waals surface area contributed by atoms with E-state index in [0.29, 0.717) is 11.5 Å². The van der Waals surface area contributed by atoms with Gasteiger partial charge >= 0.3 is 0 Å². The van der Waals surface area contributed by atoms with Crippen LogP contribution in [0.4, 0.5) is 5.95 Å². The zero-order valence-electron chi connectivity index (χ0n) is 12.5. The van der Waals surface area contributed by atoms with Crippen molar-refractivity contribution in [3.05, 3.63) is 54.9 Å². The molecule has 25 heavy (non-hydrogen) atoms. The summed E-state index contributed by atoms with van der Waals surface area (Å²) in [5.74, 6) is 0.310. The fourth-order valence-corrected chi connectivity index (χ4v) is 3.42. The van der Waals surface area contributed by atoms with E-state index in [1.165, 1.54) is 12.5 Å². The highest BCUT2D eigenvalue weighted by Gasteiger charge is 2.18. The van der Waals surface area contributed by atoms with E-state index in [9.17, 15) is 16.8 Å². The van der Waals surface area contributed by atoms with E-state index in [2.05, 4.69) is 14.7 Å². The molecule has 3 aromatic rings. The molecule has 0 radical (unpaired) electrons. The van der Waals surface area contributed by atoms with Gasteiger partial charge in [0.1, 0.15) is 5.69 Å². The van der Waals surface area contributed by atoms with Crippen molar-refractivity contribution in [1.29, 1.82) is 0 Å². The highest BCUT2D eigenvalue weighted by Crippen LogP contribution is 2.20. The molecule has 0 unspecified atom stereocenters. The summed E-state index contributed by atoms with van der Waals surface area (Å²) in [6.45, 7) is 0. The summed E-state index contributed by atoms with van der Waals surface area (Å²) >= 11 is 0. The Labute approximate surface area is 143 Å². The van der Waals surface area contributed by atoms with Crippen LogP contribution in [0.25, 0.3) is 11.5 Å². The lowest BCUT2D eigenvalue weighted by molar-refractivity contribution is 0.579. The Bertz CT molecular complexity index is 1090. The molecular weight excluding hydrogens is 368 g/mol. The second-order valence-corrected chi connectivity index (χ2v) is 8.11. The van der Waals surface area contributed by atoms with Crippen LogP contribution in [0, 0.1) is 0 Å². The van der Waals surface area contributed by atoms with E-state index in [1.54, 1.807) is 18.2 Å². The molecule has 0 aliphatic carbocycles. The van der Waals surface area contributed by atoms with Crippen LogP contribution in [-0.4, -0.2) is 26.8 Å². The Morgan fingerprint density at radius 3 is 2.24 bits per heavy atom. The standard InChI is InChI=1S/C14H12N4O5S2/c15-24(19,20)10-3-5-11(6-4-10)25(21,22)18-14-16-8-7-12(17-14)13-2-1-9-23-13/h1-9H,(H2,15,19,20)(H,16,17,18). The number of nitrogens with one attached hydrogen (secondary N) is 1. The van der Waals surface area contributed by atoms with Gasteiger partial charge in [0.25, 0.3) is 10.0 Å². The number of hydrogen-bond acceptors (Lipinski definition) is 7. The number of hydrogen-bond donors (Lipinski definition) is 2. The molecule has 130 valence electrons. The fraction of sp³-hybridized carbons (Fsp3) is 0. The predicted octanol–water partition coefficient (Wildman–Crippen LogP) is 1.18. The Kier molecular flexibility index (Phi) is 4.29. The molecule has 2 heterocycles. The number of sulfonamides is 2. The van der Waals surface area contributed by atoms with Gasteiger partial charge in [0.05, 0.1) is 16.1 Å². The van der Waals surface area contributed by atoms with Crippen molar-refractivity contribution in [2.45, 2.75) is 9.79 Å². The molecule has 3 rings (SSSR count). The number of nitrogens with two attached hydrogens (primary N) is 1. The van der Waals surface area contributed by atoms with Crippen molar-refractivity contribution < 1.29 is 21.3 Å². The summed E-state index contributed by atoms with van der Waals surface area (Å²) in [6, 6.07) is 9.36. The van der Waals surface area contributed by atoms with Gasteiger partial charge in [-0.2, -0.15) is 0 Å². The lowest BCUT2D eigenvalue weighted by Gasteiger charge is -2.07. The van der Waals surface area contributed by atoms with Gasteiger partial charge in [0.15, 0.2) is 5.76 Å². The lowest BCUT2D eigenvalue weighted by atomic mass is 10.3. The Morgan fingerprint density at radius 1 is 0.960 bits per heavy atom. The highest BCUT2D eigenvalue weighted by molar-refractivity contribution is 7.92. The predicted molar refractivity (Wildman–Crippen MR) is 88.4 cm³/mol. The van der Waals surface area contributed by atoms with Crippen LogP contribution in [0.5, 0.6) is 0 Å². The van der Waals surface area contributed by atoms with E-state index < -0.39 is 20.0 Å². The van der Waals surface area contributed by atoms with Gasteiger partial charge in [0, 0.05) is 6.20 Å². The third-order valence-corrected chi connectivity index (χ3v) is 5.39. The number of benzene rings is 1. The van der Waals surface area contributed by atoms with Gasteiger partial charge in [-0.05, 0) is 42.5 Å². The Morgan fingerprint density at radius 2 is 1.64 bits per heavy atom. The first-order chi connectivity index (χ1) is 11.8. The number of nitrogens with zero attached hydrogens (tertiary/aromatic N) is 2. The quantitative estimate of drug-likeness (QED) is 0.676. The van der Waals surface area contributed by atoms with Crippen molar-refractivity contribution in [3.8, 4) is 11.5 Å². The van der Waals surface area contributed by atoms with Crippen LogP contribution in [0.2, 0.25) is 0 Å². The monoisotopic (exact) mass is 380 g/mol. The van der Waals surface area contributed by atoms with Crippen molar-refractivity contribution in [1.82, 2.24) is 9.97 Å². The summed E-state index contributed by atoms with van der Waals surface area (Å²) < 4.78 is 54.6. The molecule has 2 aromatic heterocycles. The van der Waals surface area contributed by atoms with Gasteiger partial charge in [-0.15, -0.1) is 0 Å². The van der Waals surface area contributed by atoms with E-state index in [-0.39, 0.29) is 15.7 Å². The third kappa shape index (κ3) is 3.84. The van der Waals surface area contributed by atoms with Crippen molar-refractivity contribution in [3.63, 3.8) is 0 Å². The van der Waals surface area contributed by atoms with Gasteiger partial charge in [0.2, 0.25) is 16.0 Å². The van der Waals surface area contributed by atoms with E-state index in [1.807, 2.05) is 0 Å². The molecule has 0 atom stereocenters. The van der Waals surface area contributed by atoms with Gasteiger partial charge in [-0.1, -0.05) is 0 Å². The van der Waals surface area contributed by atoms with E-state index >= 15 is 0 Å². The largest absolute Gasteiger partial charge is 0.463 e. The number of primary sulfonamides is 1. The second-order valence-electron chi connectivity index (χ2n) is 4.86. The minimum Gasteiger partial charge on any atom is -0.463 e. The summed E-state index contributed by atoms with van der Waals surface area (Å²) in [5, 5.41) is 4.98. The number of anilines is 1. The first-order valence-electron chi connectivity index (χ1n) is 6.78. The van der Waals surface area contributed by atoms with Crippen molar-refractivity contribution in [2.24, 2.45) is 5.14 Å². The average molecular weight is 380 g/mol. The van der Waals surface area contributed by atoms with Gasteiger partial charge < -0.3 is 4.42 Å². The maximum absolute atomic E-state index is 12.4. The van der Waals surface area contributed by atoms with Crippen LogP contribution < -0.4 is 9.86 Å². The summed E-state index contributed by atoms with van der Waals surface area (Å²) in [6.07, 6.45) is 2.85. The van der Waals surface area contributed by atoms with Crippen LogP contribution in [-0.2, 0) is 20.0 Å². The molecule has 0 bridgehead atoms. The molecule has 0 spiro atoms. The molecule has 0 aliphatic heterocycles. The zero-order chi connectivity index (χ0) is 18.1. The molecule has 0 saturated heterocycles. The highest BCUT2D eigenvalue weighted by atomic mass is 32.2. The van der Waals surface area contributed by atoms with Gasteiger partial charge in [-0.25, -0.2) is 36.7 Å². The number of aromatic nitrogens is 2. The molecule has 9 nitrogen and oxygen atoms in total. The minimum atomic E-state index is -4.00. The molecule has 0 fully saturated rings. The maximum Gasteiger partial charge on any atom is 0.264 e. The lowest BCUT2D eigenvalue weighted by Crippen LogP contribution is -2.16. The van der Waals surface area contributed by atoms with Crippen LogP contribution >= 0.6 is 0 Å². The fourth-order valence-electron chi connectivity index (χ4n) is 1.96. The zero-order valence-corrected chi connectivity index (χ0v) is 14.2. The van der Waals surface area contributed by atoms with Gasteiger partial charge in [-0.3, -0.25) is 0 Å². The van der Waals surface area contributed by atoms with Crippen molar-refractivity contribution in [2.75, 3.05) is 4.72 Å². The van der Waals surface area contributed by atoms with E-state index in [0.717, 1.165) is 24.3 Å². The van der Waals surface area contributed by atoms with E-state index in [4.69, 9.17) is 9.56 Å². The number of rotatable bonds is 5.